The summed E-state index contributed by atoms with van der Waals surface area (Å²) >= 11 is 0. The van der Waals surface area contributed by atoms with Crippen LogP contribution in [0.4, 0.5) is 0 Å². The zero-order valence-corrected chi connectivity index (χ0v) is 17.3. The number of aliphatic imine (C=N–C) groups is 1. The number of nitrogens with zero attached hydrogens (tertiary/aromatic N) is 3. The monoisotopic (exact) mass is 377 g/mol. The van der Waals surface area contributed by atoms with Crippen molar-refractivity contribution in [3.63, 3.8) is 0 Å². The summed E-state index contributed by atoms with van der Waals surface area (Å²) in [6.07, 6.45) is 9.65. The Labute approximate surface area is 168 Å². The Hall–Kier alpha value is -2.36. The van der Waals surface area contributed by atoms with Gasteiger partial charge >= 0.3 is 0 Å². The quantitative estimate of drug-likeness (QED) is 0.741. The van der Waals surface area contributed by atoms with Gasteiger partial charge in [-0.2, -0.15) is 0 Å². The van der Waals surface area contributed by atoms with Crippen LogP contribution in [0.3, 0.4) is 0 Å². The average Bonchev–Trinajstić information content (AvgIpc) is 3.18. The molecule has 1 saturated heterocycles. The number of benzene rings is 1. The number of rotatable bonds is 4. The van der Waals surface area contributed by atoms with Crippen molar-refractivity contribution in [2.24, 2.45) is 4.99 Å². The van der Waals surface area contributed by atoms with Crippen LogP contribution < -0.4 is 0 Å². The first-order chi connectivity index (χ1) is 13.7. The Morgan fingerprint density at radius 3 is 2.46 bits per heavy atom. The highest BCUT2D eigenvalue weighted by Crippen LogP contribution is 2.36. The second-order valence-corrected chi connectivity index (χ2v) is 8.07. The fraction of sp³-hybridized carbons (Fsp3) is 0.500. The molecule has 1 aromatic rings. The van der Waals surface area contributed by atoms with E-state index in [4.69, 9.17) is 4.99 Å². The third-order valence-corrected chi connectivity index (χ3v) is 6.46. The van der Waals surface area contributed by atoms with E-state index in [1.807, 2.05) is 18.0 Å². The smallest absolute Gasteiger partial charge is 0.249 e. The molecular formula is C24H31N3O. The van der Waals surface area contributed by atoms with Crippen molar-refractivity contribution in [3.05, 3.63) is 53.2 Å². The first kappa shape index (κ1) is 19.0. The predicted octanol–water partition coefficient (Wildman–Crippen LogP) is 4.99. The number of hydrogen-bond donors (Lipinski definition) is 0. The molecule has 0 aromatic heterocycles. The summed E-state index contributed by atoms with van der Waals surface area (Å²) in [7, 11) is 1.91. The van der Waals surface area contributed by atoms with E-state index >= 15 is 0 Å². The maximum Gasteiger partial charge on any atom is 0.249 e. The maximum atomic E-state index is 13.2. The average molecular weight is 378 g/mol. The Morgan fingerprint density at radius 1 is 1.11 bits per heavy atom. The van der Waals surface area contributed by atoms with E-state index in [2.05, 4.69) is 49.1 Å². The van der Waals surface area contributed by atoms with Crippen LogP contribution in [0.15, 0.2) is 52.7 Å². The number of piperazine rings is 1. The fourth-order valence-electron chi connectivity index (χ4n) is 4.89. The lowest BCUT2D eigenvalue weighted by Crippen LogP contribution is -2.60. The molecule has 148 valence electrons. The summed E-state index contributed by atoms with van der Waals surface area (Å²) in [4.78, 5) is 22.7. The van der Waals surface area contributed by atoms with E-state index in [9.17, 15) is 4.79 Å². The van der Waals surface area contributed by atoms with Crippen LogP contribution in [0, 0.1) is 0 Å². The molecule has 0 spiro atoms. The van der Waals surface area contributed by atoms with Gasteiger partial charge in [-0.15, -0.1) is 0 Å². The van der Waals surface area contributed by atoms with Gasteiger partial charge in [0.2, 0.25) is 5.91 Å². The van der Waals surface area contributed by atoms with Crippen molar-refractivity contribution >= 4 is 17.4 Å². The molecule has 1 amide bonds. The first-order valence-electron chi connectivity index (χ1n) is 10.8. The van der Waals surface area contributed by atoms with E-state index in [0.717, 1.165) is 49.3 Å². The zero-order chi connectivity index (χ0) is 19.7. The van der Waals surface area contributed by atoms with Gasteiger partial charge in [0.05, 0.1) is 11.4 Å². The molecule has 2 fully saturated rings. The Kier molecular flexibility index (Phi) is 5.38. The minimum atomic E-state index is -0.107. The molecule has 1 aliphatic carbocycles. The van der Waals surface area contributed by atoms with Gasteiger partial charge in [0.25, 0.3) is 0 Å². The molecule has 4 rings (SSSR count). The predicted molar refractivity (Wildman–Crippen MR) is 115 cm³/mol. The SMILES string of the molecule is CCC1=C(c2ccccc2)N=C2C(=CC1)N(C)C(=O)[C@@H](CC)N2C1CCCC1. The summed E-state index contributed by atoms with van der Waals surface area (Å²) in [5.41, 5.74) is 4.57. The van der Waals surface area contributed by atoms with Crippen molar-refractivity contribution < 1.29 is 4.79 Å². The Balaban J connectivity index is 1.88. The molecule has 0 bridgehead atoms. The van der Waals surface area contributed by atoms with Gasteiger partial charge in [-0.05, 0) is 37.7 Å². The van der Waals surface area contributed by atoms with Crippen molar-refractivity contribution in [2.45, 2.75) is 70.9 Å². The van der Waals surface area contributed by atoms with E-state index in [-0.39, 0.29) is 11.9 Å². The molecule has 0 N–H and O–H groups in total. The molecule has 1 aromatic carbocycles. The van der Waals surface area contributed by atoms with Gasteiger partial charge in [-0.3, -0.25) is 4.79 Å². The molecule has 2 heterocycles. The normalized spacial score (nSPS) is 23.5. The van der Waals surface area contributed by atoms with Crippen molar-refractivity contribution in [1.29, 1.82) is 0 Å². The second-order valence-electron chi connectivity index (χ2n) is 8.07. The molecular weight excluding hydrogens is 346 g/mol. The summed E-state index contributed by atoms with van der Waals surface area (Å²) in [6.45, 7) is 4.32. The number of amidine groups is 1. The van der Waals surface area contributed by atoms with E-state index < -0.39 is 0 Å². The number of amides is 1. The summed E-state index contributed by atoms with van der Waals surface area (Å²) in [5, 5.41) is 0. The minimum Gasteiger partial charge on any atom is -0.340 e. The Bertz CT molecular complexity index is 831. The van der Waals surface area contributed by atoms with Gasteiger partial charge in [-0.25, -0.2) is 4.99 Å². The third-order valence-electron chi connectivity index (χ3n) is 6.46. The molecule has 0 unspecified atom stereocenters. The van der Waals surface area contributed by atoms with Crippen molar-refractivity contribution in [3.8, 4) is 0 Å². The molecule has 0 radical (unpaired) electrons. The minimum absolute atomic E-state index is 0.107. The molecule has 3 aliphatic rings. The van der Waals surface area contributed by atoms with Crippen molar-refractivity contribution in [2.75, 3.05) is 7.05 Å². The van der Waals surface area contributed by atoms with Gasteiger partial charge < -0.3 is 9.80 Å². The lowest BCUT2D eigenvalue weighted by molar-refractivity contribution is -0.134. The lowest BCUT2D eigenvalue weighted by Gasteiger charge is -2.45. The first-order valence-corrected chi connectivity index (χ1v) is 10.8. The largest absolute Gasteiger partial charge is 0.340 e. The van der Waals surface area contributed by atoms with Crippen LogP contribution in [-0.2, 0) is 4.79 Å². The van der Waals surface area contributed by atoms with E-state index in [1.165, 1.54) is 24.0 Å². The molecule has 1 saturated carbocycles. The van der Waals surface area contributed by atoms with Crippen LogP contribution >= 0.6 is 0 Å². The fourth-order valence-corrected chi connectivity index (χ4v) is 4.89. The molecule has 4 nitrogen and oxygen atoms in total. The topological polar surface area (TPSA) is 35.9 Å². The van der Waals surface area contributed by atoms with E-state index in [0.29, 0.717) is 6.04 Å². The standard InChI is InChI=1S/C24H31N3O/c1-4-17-15-16-21-23(25-22(17)18-11-7-6-8-12-18)27(19-13-9-10-14-19)20(5-2)24(28)26(21)3/h6-8,11-12,16,19-20H,4-5,9-10,13-15H2,1-3H3/t20-/m1/s1. The van der Waals surface area contributed by atoms with Gasteiger partial charge in [0, 0.05) is 18.7 Å². The third kappa shape index (κ3) is 3.19. The highest BCUT2D eigenvalue weighted by molar-refractivity contribution is 6.09. The van der Waals surface area contributed by atoms with Gasteiger partial charge in [-0.1, -0.05) is 63.1 Å². The zero-order valence-electron chi connectivity index (χ0n) is 17.3. The van der Waals surface area contributed by atoms with Gasteiger partial charge in [0.1, 0.15) is 6.04 Å². The molecule has 4 heteroatoms. The van der Waals surface area contributed by atoms with Gasteiger partial charge in [0.15, 0.2) is 5.84 Å². The summed E-state index contributed by atoms with van der Waals surface area (Å²) < 4.78 is 0. The number of carbonyl (C=O) groups excluding carboxylic acids is 1. The van der Waals surface area contributed by atoms with Crippen molar-refractivity contribution in [1.82, 2.24) is 9.80 Å². The van der Waals surface area contributed by atoms with Crippen LogP contribution in [-0.4, -0.2) is 40.7 Å². The number of fused-ring (bicyclic) bond motifs is 1. The number of likely N-dealkylation sites (N-methyl/N-ethyl adjacent to an activating group) is 1. The lowest BCUT2D eigenvalue weighted by atomic mass is 10.0. The highest BCUT2D eigenvalue weighted by Gasteiger charge is 2.43. The summed E-state index contributed by atoms with van der Waals surface area (Å²) in [5.74, 6) is 1.21. The van der Waals surface area contributed by atoms with Crippen LogP contribution in [0.1, 0.15) is 64.4 Å². The Morgan fingerprint density at radius 2 is 1.82 bits per heavy atom. The molecule has 28 heavy (non-hydrogen) atoms. The summed E-state index contributed by atoms with van der Waals surface area (Å²) in [6, 6.07) is 10.8. The van der Waals surface area contributed by atoms with Crippen LogP contribution in [0.5, 0.6) is 0 Å². The second kappa shape index (κ2) is 7.94. The van der Waals surface area contributed by atoms with E-state index in [1.54, 1.807) is 0 Å². The molecule has 1 atom stereocenters. The number of hydrogen-bond acceptors (Lipinski definition) is 3. The van der Waals surface area contributed by atoms with Crippen LogP contribution in [0.2, 0.25) is 0 Å². The number of allylic oxidation sites excluding steroid dienone is 2. The van der Waals surface area contributed by atoms with Crippen LogP contribution in [0.25, 0.3) is 5.70 Å². The maximum absolute atomic E-state index is 13.2. The highest BCUT2D eigenvalue weighted by atomic mass is 16.2. The number of carbonyl (C=O) groups is 1. The molecule has 2 aliphatic heterocycles.